The van der Waals surface area contributed by atoms with Crippen LogP contribution in [0.15, 0.2) is 24.3 Å². The third-order valence-corrected chi connectivity index (χ3v) is 6.14. The van der Waals surface area contributed by atoms with Gasteiger partial charge >= 0.3 is 0 Å². The number of ketones is 1. The number of quaternary nitrogens is 1. The van der Waals surface area contributed by atoms with Gasteiger partial charge in [-0.05, 0) is 31.0 Å². The Morgan fingerprint density at radius 1 is 1.21 bits per heavy atom. The number of likely N-dealkylation sites (N-methyl/N-ethyl adjacent to an activating group) is 1. The van der Waals surface area contributed by atoms with Crippen molar-refractivity contribution in [2.45, 2.75) is 32.7 Å². The summed E-state index contributed by atoms with van der Waals surface area (Å²) in [6.45, 7) is 5.22. The zero-order valence-electron chi connectivity index (χ0n) is 17.3. The van der Waals surface area contributed by atoms with Gasteiger partial charge < -0.3 is 18.7 Å². The fraction of sp³-hybridized carbons (Fsp3) is 0.435. The fourth-order valence-electron chi connectivity index (χ4n) is 4.53. The minimum atomic E-state index is 0.00130. The number of rotatable bonds is 4. The van der Waals surface area contributed by atoms with E-state index in [9.17, 15) is 4.79 Å². The summed E-state index contributed by atoms with van der Waals surface area (Å²) in [5.74, 6) is 2.28. The first kappa shape index (κ1) is 18.8. The summed E-state index contributed by atoms with van der Waals surface area (Å²) in [4.78, 5) is 13.3. The van der Waals surface area contributed by atoms with Crippen molar-refractivity contribution >= 4 is 5.78 Å². The van der Waals surface area contributed by atoms with Crippen molar-refractivity contribution < 1.29 is 23.5 Å². The molecule has 0 fully saturated rings. The first-order chi connectivity index (χ1) is 13.3. The number of Topliss-reactive ketones (excluding diaryl/α,β-unsaturated/α-hetero) is 1. The second-order valence-corrected chi connectivity index (χ2v) is 8.43. The molecule has 0 saturated heterocycles. The van der Waals surface area contributed by atoms with E-state index < -0.39 is 0 Å². The maximum absolute atomic E-state index is 13.3. The van der Waals surface area contributed by atoms with E-state index in [1.807, 2.05) is 26.0 Å². The number of methoxy groups -OCH3 is 1. The van der Waals surface area contributed by atoms with Crippen LogP contribution in [-0.4, -0.2) is 44.8 Å². The Bertz CT molecular complexity index is 948. The average Bonchev–Trinajstić information content (AvgIpc) is 3.10. The van der Waals surface area contributed by atoms with Gasteiger partial charge in [0, 0.05) is 12.0 Å². The van der Waals surface area contributed by atoms with Crippen molar-refractivity contribution in [1.82, 2.24) is 0 Å². The zero-order chi connectivity index (χ0) is 20.1. The molecule has 0 radical (unpaired) electrons. The van der Waals surface area contributed by atoms with E-state index in [1.165, 1.54) is 11.1 Å². The Balaban J connectivity index is 1.77. The van der Waals surface area contributed by atoms with Gasteiger partial charge in [0.15, 0.2) is 17.3 Å². The molecule has 2 heterocycles. The van der Waals surface area contributed by atoms with Gasteiger partial charge in [-0.1, -0.05) is 23.8 Å². The Morgan fingerprint density at radius 3 is 2.71 bits per heavy atom. The molecule has 2 aromatic rings. The molecular formula is C23H28NO4+. The molecule has 28 heavy (non-hydrogen) atoms. The van der Waals surface area contributed by atoms with Crippen molar-refractivity contribution in [2.24, 2.45) is 0 Å². The maximum atomic E-state index is 13.3. The van der Waals surface area contributed by atoms with Crippen LogP contribution in [0.5, 0.6) is 17.2 Å². The zero-order valence-corrected chi connectivity index (χ0v) is 17.3. The molecule has 2 aromatic carbocycles. The fourth-order valence-corrected chi connectivity index (χ4v) is 4.53. The summed E-state index contributed by atoms with van der Waals surface area (Å²) >= 11 is 0. The van der Waals surface area contributed by atoms with E-state index in [0.717, 1.165) is 39.9 Å². The van der Waals surface area contributed by atoms with Gasteiger partial charge in [-0.3, -0.25) is 4.79 Å². The highest BCUT2D eigenvalue weighted by molar-refractivity contribution is 5.98. The molecule has 0 aliphatic carbocycles. The molecule has 0 saturated carbocycles. The summed E-state index contributed by atoms with van der Waals surface area (Å²) < 4.78 is 17.8. The second kappa shape index (κ2) is 6.82. The molecule has 0 spiro atoms. The normalized spacial score (nSPS) is 19.2. The molecule has 2 aliphatic heterocycles. The van der Waals surface area contributed by atoms with Gasteiger partial charge in [-0.15, -0.1) is 0 Å². The number of ether oxygens (including phenoxy) is 3. The lowest BCUT2D eigenvalue weighted by Crippen LogP contribution is -2.48. The minimum absolute atomic E-state index is 0.00130. The van der Waals surface area contributed by atoms with Crippen molar-refractivity contribution in [1.29, 1.82) is 0 Å². The van der Waals surface area contributed by atoms with Crippen molar-refractivity contribution in [3.05, 3.63) is 52.1 Å². The lowest BCUT2D eigenvalue weighted by Gasteiger charge is -2.43. The molecule has 5 heteroatoms. The van der Waals surface area contributed by atoms with E-state index in [4.69, 9.17) is 14.2 Å². The van der Waals surface area contributed by atoms with Gasteiger partial charge in [0.1, 0.15) is 6.04 Å². The average molecular weight is 382 g/mol. The molecule has 5 nitrogen and oxygen atoms in total. The first-order valence-corrected chi connectivity index (χ1v) is 9.74. The van der Waals surface area contributed by atoms with E-state index in [2.05, 4.69) is 26.2 Å². The van der Waals surface area contributed by atoms with E-state index >= 15 is 0 Å². The van der Waals surface area contributed by atoms with Crippen LogP contribution in [-0.2, 0) is 6.42 Å². The van der Waals surface area contributed by atoms with Crippen LogP contribution in [0.3, 0.4) is 0 Å². The van der Waals surface area contributed by atoms with Gasteiger partial charge in [0.2, 0.25) is 12.5 Å². The molecular weight excluding hydrogens is 354 g/mol. The summed E-state index contributed by atoms with van der Waals surface area (Å²) in [5.41, 5.74) is 5.28. The molecule has 148 valence electrons. The van der Waals surface area contributed by atoms with Crippen molar-refractivity contribution in [3.63, 3.8) is 0 Å². The van der Waals surface area contributed by atoms with E-state index in [0.29, 0.717) is 17.9 Å². The third kappa shape index (κ3) is 3.04. The highest BCUT2D eigenvalue weighted by atomic mass is 16.7. The lowest BCUT2D eigenvalue weighted by atomic mass is 9.85. The maximum Gasteiger partial charge on any atom is 0.231 e. The Labute approximate surface area is 166 Å². The van der Waals surface area contributed by atoms with Crippen LogP contribution in [0, 0.1) is 13.8 Å². The predicted molar refractivity (Wildman–Crippen MR) is 107 cm³/mol. The SMILES string of the molecule is COc1c2c(cc3c1[C@H](CC(=O)c1ccc(C)cc1C)[N+](C)(C)CC3)OCO2. The van der Waals surface area contributed by atoms with Gasteiger partial charge in [0.25, 0.3) is 0 Å². The van der Waals surface area contributed by atoms with Crippen LogP contribution in [0.4, 0.5) is 0 Å². The summed E-state index contributed by atoms with van der Waals surface area (Å²) in [6.07, 6.45) is 1.35. The predicted octanol–water partition coefficient (Wildman–Crippen LogP) is 3.99. The molecule has 2 aliphatic rings. The number of aryl methyl sites for hydroxylation is 2. The summed E-state index contributed by atoms with van der Waals surface area (Å²) in [7, 11) is 6.04. The third-order valence-electron chi connectivity index (χ3n) is 6.14. The molecule has 4 rings (SSSR count). The first-order valence-electron chi connectivity index (χ1n) is 9.74. The van der Waals surface area contributed by atoms with Gasteiger partial charge in [-0.2, -0.15) is 0 Å². The Kier molecular flexibility index (Phi) is 4.58. The molecule has 0 N–H and O–H groups in total. The summed E-state index contributed by atoms with van der Waals surface area (Å²) in [5, 5.41) is 0. The number of carbonyl (C=O) groups excluding carboxylic acids is 1. The lowest BCUT2D eigenvalue weighted by molar-refractivity contribution is -0.922. The van der Waals surface area contributed by atoms with Crippen LogP contribution in [0.25, 0.3) is 0 Å². The standard InChI is InChI=1S/C23H28NO4/c1-14-6-7-17(15(2)10-14)19(25)12-18-21-16(8-9-24(18,3)4)11-20-22(23(21)26-5)28-13-27-20/h6-7,10-11,18H,8-9,12-13H2,1-5H3/q+1/t18-/m0/s1. The minimum Gasteiger partial charge on any atom is -0.492 e. The monoisotopic (exact) mass is 382 g/mol. The molecule has 0 unspecified atom stereocenters. The number of hydrogen-bond acceptors (Lipinski definition) is 4. The quantitative estimate of drug-likeness (QED) is 0.593. The molecule has 0 aromatic heterocycles. The van der Waals surface area contributed by atoms with E-state index in [-0.39, 0.29) is 18.6 Å². The topological polar surface area (TPSA) is 44.8 Å². The molecule has 0 bridgehead atoms. The van der Waals surface area contributed by atoms with Crippen LogP contribution < -0.4 is 14.2 Å². The van der Waals surface area contributed by atoms with Crippen LogP contribution in [0.2, 0.25) is 0 Å². The number of hydrogen-bond donors (Lipinski definition) is 0. The number of benzene rings is 2. The largest absolute Gasteiger partial charge is 0.492 e. The van der Waals surface area contributed by atoms with Crippen molar-refractivity contribution in [3.8, 4) is 17.2 Å². The molecule has 1 atom stereocenters. The Hall–Kier alpha value is -2.53. The van der Waals surface area contributed by atoms with Gasteiger partial charge in [-0.25, -0.2) is 0 Å². The van der Waals surface area contributed by atoms with Crippen molar-refractivity contribution in [2.75, 3.05) is 34.5 Å². The number of fused-ring (bicyclic) bond motifs is 2. The summed E-state index contributed by atoms with van der Waals surface area (Å²) in [6, 6.07) is 8.09. The Morgan fingerprint density at radius 2 is 2.00 bits per heavy atom. The van der Waals surface area contributed by atoms with Crippen LogP contribution in [0.1, 0.15) is 45.1 Å². The smallest absolute Gasteiger partial charge is 0.231 e. The number of nitrogens with zero attached hydrogens (tertiary/aromatic N) is 1. The molecule has 0 amide bonds. The van der Waals surface area contributed by atoms with E-state index in [1.54, 1.807) is 7.11 Å². The van der Waals surface area contributed by atoms with Gasteiger partial charge in [0.05, 0.1) is 39.7 Å². The highest BCUT2D eigenvalue weighted by Gasteiger charge is 2.42. The highest BCUT2D eigenvalue weighted by Crippen LogP contribution is 2.51. The number of carbonyl (C=O) groups is 1. The van der Waals surface area contributed by atoms with Crippen LogP contribution >= 0.6 is 0 Å². The second-order valence-electron chi connectivity index (χ2n) is 8.43.